The van der Waals surface area contributed by atoms with Crippen molar-refractivity contribution in [3.8, 4) is 0 Å². The number of methoxy groups -OCH3 is 1. The van der Waals surface area contributed by atoms with Crippen molar-refractivity contribution in [1.29, 1.82) is 0 Å². The van der Waals surface area contributed by atoms with E-state index < -0.39 is 5.76 Å². The molecule has 0 radical (unpaired) electrons. The van der Waals surface area contributed by atoms with Gasteiger partial charge in [0.25, 0.3) is 5.91 Å². The Kier molecular flexibility index (Phi) is 3.52. The third-order valence-electron chi connectivity index (χ3n) is 3.84. The molecule has 21 heavy (non-hydrogen) atoms. The second kappa shape index (κ2) is 5.34. The average molecular weight is 291 g/mol. The molecular formula is C14H17N3O4. The second-order valence-electron chi connectivity index (χ2n) is 5.09. The third-order valence-corrected chi connectivity index (χ3v) is 3.84. The van der Waals surface area contributed by atoms with Crippen LogP contribution >= 0.6 is 0 Å². The summed E-state index contributed by atoms with van der Waals surface area (Å²) in [6.07, 6.45) is -0.0593. The van der Waals surface area contributed by atoms with Gasteiger partial charge in [0.1, 0.15) is 0 Å². The molecule has 0 aliphatic carbocycles. The second-order valence-corrected chi connectivity index (χ2v) is 5.09. The van der Waals surface area contributed by atoms with Gasteiger partial charge < -0.3 is 19.8 Å². The molecule has 1 fully saturated rings. The number of nitrogens with one attached hydrogen (secondary N) is 2. The smallest absolute Gasteiger partial charge is 0.407 e. The Morgan fingerprint density at radius 1 is 1.48 bits per heavy atom. The number of para-hydroxylation sites is 1. The third kappa shape index (κ3) is 2.34. The van der Waals surface area contributed by atoms with E-state index in [1.165, 1.54) is 4.57 Å². The van der Waals surface area contributed by atoms with Crippen molar-refractivity contribution in [2.45, 2.75) is 12.1 Å². The first-order valence-corrected chi connectivity index (χ1v) is 6.74. The standard InChI is InChI=1S/C14H17N3O4/c1-17-10-5-3-4-8(12(10)21-14(17)19)13(18)16-9-6-15-7-11(9)20-2/h3-5,9,11,15H,6-7H2,1-2H3,(H,16,18)/t9-,11-/m0/s1. The van der Waals surface area contributed by atoms with Crippen LogP contribution in [0.3, 0.4) is 0 Å². The first-order valence-electron chi connectivity index (χ1n) is 6.74. The van der Waals surface area contributed by atoms with Crippen molar-refractivity contribution < 1.29 is 13.9 Å². The SMILES string of the molecule is CO[C@H]1CNC[C@@H]1NC(=O)c1cccc2c1oc(=O)n2C. The van der Waals surface area contributed by atoms with Gasteiger partial charge >= 0.3 is 5.76 Å². The summed E-state index contributed by atoms with van der Waals surface area (Å²) in [5, 5.41) is 6.08. The lowest BCUT2D eigenvalue weighted by Crippen LogP contribution is -2.43. The molecule has 1 aliphatic heterocycles. The topological polar surface area (TPSA) is 85.5 Å². The normalized spacial score (nSPS) is 21.8. The minimum atomic E-state index is -0.484. The van der Waals surface area contributed by atoms with E-state index in [0.717, 1.165) is 0 Å². The summed E-state index contributed by atoms with van der Waals surface area (Å²) in [6, 6.07) is 5.01. The highest BCUT2D eigenvalue weighted by Gasteiger charge is 2.29. The Morgan fingerprint density at radius 3 is 3.05 bits per heavy atom. The van der Waals surface area contributed by atoms with Crippen LogP contribution in [0.4, 0.5) is 0 Å². The van der Waals surface area contributed by atoms with Gasteiger partial charge in [-0.1, -0.05) is 6.07 Å². The predicted molar refractivity (Wildman–Crippen MR) is 76.4 cm³/mol. The number of carbonyl (C=O) groups is 1. The van der Waals surface area contributed by atoms with Crippen LogP contribution in [0.25, 0.3) is 11.1 Å². The number of aryl methyl sites for hydroxylation is 1. The lowest BCUT2D eigenvalue weighted by Gasteiger charge is -2.18. The summed E-state index contributed by atoms with van der Waals surface area (Å²) in [7, 11) is 3.23. The average Bonchev–Trinajstić information content (AvgIpc) is 3.04. The number of benzene rings is 1. The Morgan fingerprint density at radius 2 is 2.29 bits per heavy atom. The van der Waals surface area contributed by atoms with Crippen LogP contribution in [0.15, 0.2) is 27.4 Å². The van der Waals surface area contributed by atoms with E-state index in [2.05, 4.69) is 10.6 Å². The Labute approximate surface area is 120 Å². The first kappa shape index (κ1) is 13.8. The van der Waals surface area contributed by atoms with Crippen molar-refractivity contribution in [3.63, 3.8) is 0 Å². The van der Waals surface area contributed by atoms with Crippen LogP contribution in [0, 0.1) is 0 Å². The van der Waals surface area contributed by atoms with Gasteiger partial charge in [0.15, 0.2) is 5.58 Å². The van der Waals surface area contributed by atoms with Gasteiger partial charge in [0, 0.05) is 27.2 Å². The van der Waals surface area contributed by atoms with Crippen molar-refractivity contribution in [1.82, 2.24) is 15.2 Å². The summed E-state index contributed by atoms with van der Waals surface area (Å²) in [5.74, 6) is -0.756. The molecule has 2 heterocycles. The van der Waals surface area contributed by atoms with Crippen LogP contribution in [-0.4, -0.2) is 42.8 Å². The molecule has 0 unspecified atom stereocenters. The van der Waals surface area contributed by atoms with Gasteiger partial charge in [0.05, 0.1) is 23.2 Å². The molecule has 2 N–H and O–H groups in total. The first-order chi connectivity index (χ1) is 10.1. The lowest BCUT2D eigenvalue weighted by atomic mass is 10.1. The minimum Gasteiger partial charge on any atom is -0.407 e. The van der Waals surface area contributed by atoms with Crippen LogP contribution in [0.1, 0.15) is 10.4 Å². The lowest BCUT2D eigenvalue weighted by molar-refractivity contribution is 0.0780. The molecule has 2 aromatic rings. The van der Waals surface area contributed by atoms with Crippen LogP contribution in [-0.2, 0) is 11.8 Å². The fraction of sp³-hybridized carbons (Fsp3) is 0.429. The summed E-state index contributed by atoms with van der Waals surface area (Å²) < 4.78 is 11.9. The monoisotopic (exact) mass is 291 g/mol. The van der Waals surface area contributed by atoms with Crippen LogP contribution < -0.4 is 16.4 Å². The van der Waals surface area contributed by atoms with Gasteiger partial charge in [-0.2, -0.15) is 0 Å². The largest absolute Gasteiger partial charge is 0.419 e. The van der Waals surface area contributed by atoms with Crippen molar-refractivity contribution >= 4 is 17.0 Å². The zero-order valence-electron chi connectivity index (χ0n) is 11.9. The maximum atomic E-state index is 12.4. The number of ether oxygens (including phenoxy) is 1. The zero-order valence-corrected chi connectivity index (χ0v) is 11.9. The molecule has 0 bridgehead atoms. The van der Waals surface area contributed by atoms with E-state index in [-0.39, 0.29) is 18.1 Å². The van der Waals surface area contributed by atoms with Gasteiger partial charge in [-0.05, 0) is 12.1 Å². The molecular weight excluding hydrogens is 274 g/mol. The summed E-state index contributed by atoms with van der Waals surface area (Å²) in [5.41, 5.74) is 1.26. The molecule has 1 aliphatic rings. The molecule has 2 atom stereocenters. The molecule has 1 aromatic carbocycles. The quantitative estimate of drug-likeness (QED) is 0.821. The van der Waals surface area contributed by atoms with Crippen molar-refractivity contribution in [3.05, 3.63) is 34.3 Å². The van der Waals surface area contributed by atoms with E-state index in [1.54, 1.807) is 32.4 Å². The van der Waals surface area contributed by atoms with E-state index in [9.17, 15) is 9.59 Å². The molecule has 0 saturated carbocycles. The molecule has 0 spiro atoms. The highest BCUT2D eigenvalue weighted by atomic mass is 16.5. The Bertz CT molecular complexity index is 733. The number of nitrogens with zero attached hydrogens (tertiary/aromatic N) is 1. The van der Waals surface area contributed by atoms with E-state index in [0.29, 0.717) is 29.8 Å². The molecule has 1 amide bonds. The fourth-order valence-electron chi connectivity index (χ4n) is 2.62. The number of fused-ring (bicyclic) bond motifs is 1. The Balaban J connectivity index is 1.91. The molecule has 1 saturated heterocycles. The minimum absolute atomic E-state index is 0.0593. The predicted octanol–water partition coefficient (Wildman–Crippen LogP) is -0.152. The number of rotatable bonds is 3. The van der Waals surface area contributed by atoms with Gasteiger partial charge in [0.2, 0.25) is 0 Å². The molecule has 112 valence electrons. The maximum Gasteiger partial charge on any atom is 0.419 e. The van der Waals surface area contributed by atoms with E-state index >= 15 is 0 Å². The molecule has 1 aromatic heterocycles. The van der Waals surface area contributed by atoms with E-state index in [4.69, 9.17) is 9.15 Å². The molecule has 7 heteroatoms. The maximum absolute atomic E-state index is 12.4. The highest BCUT2D eigenvalue weighted by molar-refractivity contribution is 6.04. The highest BCUT2D eigenvalue weighted by Crippen LogP contribution is 2.17. The summed E-state index contributed by atoms with van der Waals surface area (Å²) >= 11 is 0. The Hall–Kier alpha value is -2.12. The number of oxazole rings is 1. The number of aromatic nitrogens is 1. The number of amides is 1. The van der Waals surface area contributed by atoms with Crippen molar-refractivity contribution in [2.24, 2.45) is 7.05 Å². The van der Waals surface area contributed by atoms with Gasteiger partial charge in [-0.15, -0.1) is 0 Å². The van der Waals surface area contributed by atoms with Crippen molar-refractivity contribution in [2.75, 3.05) is 20.2 Å². The van der Waals surface area contributed by atoms with Gasteiger partial charge in [-0.3, -0.25) is 9.36 Å². The fourth-order valence-corrected chi connectivity index (χ4v) is 2.62. The number of hydrogen-bond donors (Lipinski definition) is 2. The number of carbonyl (C=O) groups excluding carboxylic acids is 1. The van der Waals surface area contributed by atoms with Gasteiger partial charge in [-0.25, -0.2) is 4.79 Å². The van der Waals surface area contributed by atoms with E-state index in [1.807, 2.05) is 0 Å². The summed E-state index contributed by atoms with van der Waals surface area (Å²) in [4.78, 5) is 24.0. The van der Waals surface area contributed by atoms with Crippen LogP contribution in [0.5, 0.6) is 0 Å². The number of hydrogen-bond acceptors (Lipinski definition) is 5. The zero-order chi connectivity index (χ0) is 15.0. The molecule has 7 nitrogen and oxygen atoms in total. The van der Waals surface area contributed by atoms with Crippen LogP contribution in [0.2, 0.25) is 0 Å². The molecule has 3 rings (SSSR count). The summed E-state index contributed by atoms with van der Waals surface area (Å²) in [6.45, 7) is 1.35.